The summed E-state index contributed by atoms with van der Waals surface area (Å²) in [6.45, 7) is 0. The molecule has 1 aromatic rings. The first kappa shape index (κ1) is 13.9. The van der Waals surface area contributed by atoms with E-state index in [1.165, 1.54) is 12.1 Å². The fraction of sp³-hybridized carbons (Fsp3) is 0.467. The van der Waals surface area contributed by atoms with Crippen LogP contribution in [-0.2, 0) is 16.0 Å². The van der Waals surface area contributed by atoms with E-state index in [0.29, 0.717) is 17.7 Å². The normalized spacial score (nSPS) is 28.9. The van der Waals surface area contributed by atoms with Gasteiger partial charge in [-0.25, -0.2) is 0 Å². The van der Waals surface area contributed by atoms with Gasteiger partial charge in [0, 0.05) is 42.9 Å². The minimum Gasteiger partial charge on any atom is -0.508 e. The van der Waals surface area contributed by atoms with Gasteiger partial charge in [-0.1, -0.05) is 0 Å². The molecule has 6 nitrogen and oxygen atoms in total. The topological polar surface area (TPSA) is 104 Å². The van der Waals surface area contributed by atoms with Gasteiger partial charge in [0.05, 0.1) is 6.10 Å². The number of hydrogen-bond acceptors (Lipinski definition) is 6. The van der Waals surface area contributed by atoms with E-state index < -0.39 is 18.0 Å². The van der Waals surface area contributed by atoms with Gasteiger partial charge >= 0.3 is 0 Å². The lowest BCUT2D eigenvalue weighted by molar-refractivity contribution is -0.141. The molecule has 6 heteroatoms. The van der Waals surface area contributed by atoms with E-state index in [-0.39, 0.29) is 42.5 Å². The van der Waals surface area contributed by atoms with Crippen LogP contribution >= 0.6 is 0 Å². The van der Waals surface area contributed by atoms with Crippen molar-refractivity contribution in [1.29, 1.82) is 0 Å². The number of aliphatic hydroxyl groups is 1. The highest BCUT2D eigenvalue weighted by atomic mass is 16.5. The maximum absolute atomic E-state index is 11.5. The molecule has 1 unspecified atom stereocenters. The van der Waals surface area contributed by atoms with Crippen LogP contribution < -0.4 is 4.74 Å². The Labute approximate surface area is 121 Å². The summed E-state index contributed by atoms with van der Waals surface area (Å²) < 4.78 is 5.70. The molecule has 0 spiro atoms. The van der Waals surface area contributed by atoms with Crippen molar-refractivity contribution >= 4 is 11.6 Å². The summed E-state index contributed by atoms with van der Waals surface area (Å²) in [7, 11) is 0. The summed E-state index contributed by atoms with van der Waals surface area (Å²) >= 11 is 0. The summed E-state index contributed by atoms with van der Waals surface area (Å²) in [4.78, 5) is 22.8. The SMILES string of the molecule is O=C1CCC([C@H]2Oc3cc(O)cc(O)c3C[C@H]2O)CC1=O. The maximum Gasteiger partial charge on any atom is 0.198 e. The number of benzene rings is 1. The molecule has 3 rings (SSSR count). The molecule has 112 valence electrons. The average Bonchev–Trinajstić information content (AvgIpc) is 2.42. The van der Waals surface area contributed by atoms with E-state index in [1.54, 1.807) is 0 Å². The van der Waals surface area contributed by atoms with E-state index >= 15 is 0 Å². The van der Waals surface area contributed by atoms with Crippen LogP contribution in [0, 0.1) is 5.92 Å². The number of Topliss-reactive ketones (excluding diaryl/α,β-unsaturated/α-hetero) is 2. The van der Waals surface area contributed by atoms with Crippen molar-refractivity contribution in [3.63, 3.8) is 0 Å². The Balaban J connectivity index is 1.85. The molecule has 3 atom stereocenters. The molecule has 1 aliphatic carbocycles. The van der Waals surface area contributed by atoms with Crippen molar-refractivity contribution in [2.45, 2.75) is 37.9 Å². The van der Waals surface area contributed by atoms with E-state index in [2.05, 4.69) is 0 Å². The molecular formula is C15H16O6. The molecule has 1 aliphatic heterocycles. The molecule has 0 aromatic heterocycles. The number of phenols is 2. The van der Waals surface area contributed by atoms with E-state index in [9.17, 15) is 24.9 Å². The Morgan fingerprint density at radius 2 is 1.86 bits per heavy atom. The number of hydrogen-bond donors (Lipinski definition) is 3. The minimum absolute atomic E-state index is 0.0701. The van der Waals surface area contributed by atoms with Gasteiger partial charge in [0.1, 0.15) is 23.4 Å². The Kier molecular flexibility index (Phi) is 3.33. The quantitative estimate of drug-likeness (QED) is 0.658. The molecule has 1 aromatic carbocycles. The zero-order chi connectivity index (χ0) is 15.1. The standard InChI is InChI=1S/C15H16O6/c16-8-4-11(18)9-6-13(20)15(21-14(9)5-8)7-1-2-10(17)12(19)3-7/h4-5,7,13,15-16,18,20H,1-3,6H2/t7?,13-,15-/m1/s1. The van der Waals surface area contributed by atoms with Crippen LogP contribution in [-0.4, -0.2) is 39.1 Å². The lowest BCUT2D eigenvalue weighted by atomic mass is 9.80. The molecular weight excluding hydrogens is 276 g/mol. The summed E-state index contributed by atoms with van der Waals surface area (Å²) in [5.74, 6) is -0.970. The molecule has 1 saturated carbocycles. The first-order valence-corrected chi connectivity index (χ1v) is 6.91. The number of ketones is 2. The summed E-state index contributed by atoms with van der Waals surface area (Å²) in [5, 5.41) is 29.5. The molecule has 21 heavy (non-hydrogen) atoms. The molecule has 0 radical (unpaired) electrons. The first-order chi connectivity index (χ1) is 9.95. The number of ether oxygens (including phenoxy) is 1. The third-order valence-corrected chi connectivity index (χ3v) is 4.19. The summed E-state index contributed by atoms with van der Waals surface area (Å²) in [6, 6.07) is 2.57. The first-order valence-electron chi connectivity index (χ1n) is 6.91. The highest BCUT2D eigenvalue weighted by Gasteiger charge is 2.40. The van der Waals surface area contributed by atoms with Gasteiger partial charge in [-0.3, -0.25) is 9.59 Å². The number of fused-ring (bicyclic) bond motifs is 1. The zero-order valence-corrected chi connectivity index (χ0v) is 11.3. The largest absolute Gasteiger partial charge is 0.508 e. The van der Waals surface area contributed by atoms with Gasteiger partial charge in [-0.05, 0) is 6.42 Å². The third-order valence-electron chi connectivity index (χ3n) is 4.19. The molecule has 1 fully saturated rings. The van der Waals surface area contributed by atoms with Crippen LogP contribution in [0.3, 0.4) is 0 Å². The van der Waals surface area contributed by atoms with Gasteiger partial charge in [0.2, 0.25) is 0 Å². The molecule has 0 amide bonds. The number of carbonyl (C=O) groups excluding carboxylic acids is 2. The Morgan fingerprint density at radius 3 is 2.57 bits per heavy atom. The lowest BCUT2D eigenvalue weighted by Crippen LogP contribution is -2.45. The number of carbonyl (C=O) groups is 2. The number of aliphatic hydroxyl groups excluding tert-OH is 1. The smallest absolute Gasteiger partial charge is 0.198 e. The molecule has 1 heterocycles. The van der Waals surface area contributed by atoms with E-state index in [4.69, 9.17) is 4.74 Å². The number of phenolic OH excluding ortho intramolecular Hbond substituents is 2. The monoisotopic (exact) mass is 292 g/mol. The van der Waals surface area contributed by atoms with Crippen molar-refractivity contribution in [2.24, 2.45) is 5.92 Å². The number of rotatable bonds is 1. The summed E-state index contributed by atoms with van der Waals surface area (Å²) in [5.41, 5.74) is 0.440. The second-order valence-corrected chi connectivity index (χ2v) is 5.64. The van der Waals surface area contributed by atoms with Crippen LogP contribution in [0.5, 0.6) is 17.2 Å². The maximum atomic E-state index is 11.5. The van der Waals surface area contributed by atoms with Gasteiger partial charge in [0.15, 0.2) is 11.6 Å². The van der Waals surface area contributed by atoms with E-state index in [1.807, 2.05) is 0 Å². The van der Waals surface area contributed by atoms with Crippen molar-refractivity contribution in [3.05, 3.63) is 17.7 Å². The van der Waals surface area contributed by atoms with Crippen molar-refractivity contribution in [2.75, 3.05) is 0 Å². The molecule has 2 aliphatic rings. The minimum atomic E-state index is -0.862. The Hall–Kier alpha value is -2.08. The predicted molar refractivity (Wildman–Crippen MR) is 71.3 cm³/mol. The van der Waals surface area contributed by atoms with Crippen LogP contribution in [0.15, 0.2) is 12.1 Å². The highest BCUT2D eigenvalue weighted by Crippen LogP contribution is 2.40. The molecule has 0 saturated heterocycles. The van der Waals surface area contributed by atoms with Gasteiger partial charge in [-0.2, -0.15) is 0 Å². The van der Waals surface area contributed by atoms with Crippen LogP contribution in [0.4, 0.5) is 0 Å². The predicted octanol–water partition coefficient (Wildman–Crippen LogP) is 0.700. The van der Waals surface area contributed by atoms with Crippen molar-refractivity contribution in [3.8, 4) is 17.2 Å². The molecule has 0 bridgehead atoms. The fourth-order valence-electron chi connectivity index (χ4n) is 3.08. The summed E-state index contributed by atoms with van der Waals surface area (Å²) in [6.07, 6.45) is -0.554. The second-order valence-electron chi connectivity index (χ2n) is 5.64. The Bertz CT molecular complexity index is 608. The van der Waals surface area contributed by atoms with Gasteiger partial charge < -0.3 is 20.1 Å². The fourth-order valence-corrected chi connectivity index (χ4v) is 3.08. The lowest BCUT2D eigenvalue weighted by Gasteiger charge is -2.37. The zero-order valence-electron chi connectivity index (χ0n) is 11.3. The van der Waals surface area contributed by atoms with Crippen molar-refractivity contribution < 1.29 is 29.6 Å². The average molecular weight is 292 g/mol. The van der Waals surface area contributed by atoms with Gasteiger partial charge in [0.25, 0.3) is 0 Å². The highest BCUT2D eigenvalue weighted by molar-refractivity contribution is 6.37. The Morgan fingerprint density at radius 1 is 1.10 bits per heavy atom. The second kappa shape index (κ2) is 5.04. The molecule has 3 N–H and O–H groups in total. The van der Waals surface area contributed by atoms with Crippen LogP contribution in [0.25, 0.3) is 0 Å². The number of aromatic hydroxyl groups is 2. The van der Waals surface area contributed by atoms with Crippen LogP contribution in [0.2, 0.25) is 0 Å². The van der Waals surface area contributed by atoms with E-state index in [0.717, 1.165) is 0 Å². The third kappa shape index (κ3) is 2.47. The van der Waals surface area contributed by atoms with Crippen molar-refractivity contribution in [1.82, 2.24) is 0 Å². The van der Waals surface area contributed by atoms with Crippen LogP contribution in [0.1, 0.15) is 24.8 Å². The van der Waals surface area contributed by atoms with Gasteiger partial charge in [-0.15, -0.1) is 0 Å².